The highest BCUT2D eigenvalue weighted by molar-refractivity contribution is 5.36. The van der Waals surface area contributed by atoms with Gasteiger partial charge in [-0.05, 0) is 67.4 Å². The van der Waals surface area contributed by atoms with E-state index in [1.165, 1.54) is 24.8 Å². The van der Waals surface area contributed by atoms with Gasteiger partial charge in [-0.15, -0.1) is 0 Å². The molecule has 0 heteroatoms. The molecule has 4 rings (SSSR count). The van der Waals surface area contributed by atoms with Crippen molar-refractivity contribution in [2.24, 2.45) is 23.7 Å². The van der Waals surface area contributed by atoms with Crippen molar-refractivity contribution in [3.05, 3.63) is 34.9 Å². The summed E-state index contributed by atoms with van der Waals surface area (Å²) in [7, 11) is 0. The molecular formula is C16H20. The van der Waals surface area contributed by atoms with Crippen LogP contribution >= 0.6 is 0 Å². The monoisotopic (exact) mass is 212 g/mol. The SMILES string of the molecule is Cc1ccc2c(c1)CC(C1C3CCCC31)C2. The average Bonchev–Trinajstić information content (AvgIpc) is 2.68. The lowest BCUT2D eigenvalue weighted by atomic mass is 9.94. The Morgan fingerprint density at radius 1 is 1.00 bits per heavy atom. The molecule has 2 saturated carbocycles. The van der Waals surface area contributed by atoms with Crippen LogP contribution in [0.1, 0.15) is 36.0 Å². The van der Waals surface area contributed by atoms with E-state index in [2.05, 4.69) is 25.1 Å². The maximum absolute atomic E-state index is 2.42. The number of rotatable bonds is 1. The van der Waals surface area contributed by atoms with Crippen molar-refractivity contribution in [1.82, 2.24) is 0 Å². The minimum atomic E-state index is 1.01. The first kappa shape index (κ1) is 9.27. The Labute approximate surface area is 98.1 Å². The first-order chi connectivity index (χ1) is 7.83. The molecule has 2 fully saturated rings. The average molecular weight is 212 g/mol. The van der Waals surface area contributed by atoms with Crippen molar-refractivity contribution in [2.45, 2.75) is 39.0 Å². The second-order valence-electron chi connectivity index (χ2n) is 6.28. The summed E-state index contributed by atoms with van der Waals surface area (Å²) in [4.78, 5) is 0. The van der Waals surface area contributed by atoms with Crippen LogP contribution in [0.25, 0.3) is 0 Å². The largest absolute Gasteiger partial charge is 0.0590 e. The van der Waals surface area contributed by atoms with Gasteiger partial charge in [-0.3, -0.25) is 0 Å². The second-order valence-corrected chi connectivity index (χ2v) is 6.28. The van der Waals surface area contributed by atoms with Crippen LogP contribution in [0.3, 0.4) is 0 Å². The highest BCUT2D eigenvalue weighted by Crippen LogP contribution is 2.62. The van der Waals surface area contributed by atoms with E-state index >= 15 is 0 Å². The third-order valence-electron chi connectivity index (χ3n) is 5.34. The molecule has 1 aromatic rings. The summed E-state index contributed by atoms with van der Waals surface area (Å²) in [5.41, 5.74) is 4.76. The van der Waals surface area contributed by atoms with Crippen molar-refractivity contribution in [1.29, 1.82) is 0 Å². The van der Waals surface area contributed by atoms with Crippen LogP contribution in [0, 0.1) is 30.6 Å². The van der Waals surface area contributed by atoms with Gasteiger partial charge in [-0.25, -0.2) is 0 Å². The molecule has 0 saturated heterocycles. The number of hydrogen-bond donors (Lipinski definition) is 0. The van der Waals surface area contributed by atoms with E-state index in [1.807, 2.05) is 0 Å². The minimum absolute atomic E-state index is 1.01. The molecule has 0 heterocycles. The molecule has 0 nitrogen and oxygen atoms in total. The molecule has 3 unspecified atom stereocenters. The summed E-state index contributed by atoms with van der Waals surface area (Å²) in [6, 6.07) is 7.09. The lowest BCUT2D eigenvalue weighted by Gasteiger charge is -2.10. The molecule has 0 radical (unpaired) electrons. The van der Waals surface area contributed by atoms with Crippen LogP contribution in [-0.4, -0.2) is 0 Å². The molecule has 0 amide bonds. The summed E-state index contributed by atoms with van der Waals surface area (Å²) in [5, 5.41) is 0. The normalized spacial score (nSPS) is 39.6. The topological polar surface area (TPSA) is 0 Å². The zero-order valence-corrected chi connectivity index (χ0v) is 10.1. The first-order valence-corrected chi connectivity index (χ1v) is 6.91. The maximum atomic E-state index is 2.42. The van der Waals surface area contributed by atoms with Crippen LogP contribution in [-0.2, 0) is 12.8 Å². The summed E-state index contributed by atoms with van der Waals surface area (Å²) < 4.78 is 0. The van der Waals surface area contributed by atoms with E-state index in [9.17, 15) is 0 Å². The van der Waals surface area contributed by atoms with Gasteiger partial charge in [-0.2, -0.15) is 0 Å². The van der Waals surface area contributed by atoms with Crippen molar-refractivity contribution >= 4 is 0 Å². The summed E-state index contributed by atoms with van der Waals surface area (Å²) in [5.74, 6) is 4.40. The molecule has 0 spiro atoms. The van der Waals surface area contributed by atoms with Gasteiger partial charge in [0.05, 0.1) is 0 Å². The maximum Gasteiger partial charge on any atom is -0.0242 e. The zero-order chi connectivity index (χ0) is 10.7. The first-order valence-electron chi connectivity index (χ1n) is 6.91. The van der Waals surface area contributed by atoms with Crippen LogP contribution in [0.5, 0.6) is 0 Å². The van der Waals surface area contributed by atoms with Crippen molar-refractivity contribution in [2.75, 3.05) is 0 Å². The Balaban J connectivity index is 1.55. The van der Waals surface area contributed by atoms with Crippen LogP contribution in [0.15, 0.2) is 18.2 Å². The Hall–Kier alpha value is -0.780. The molecule has 1 aromatic carbocycles. The van der Waals surface area contributed by atoms with E-state index in [0.29, 0.717) is 0 Å². The molecule has 3 aliphatic rings. The van der Waals surface area contributed by atoms with Crippen LogP contribution in [0.2, 0.25) is 0 Å². The molecule has 0 bridgehead atoms. The van der Waals surface area contributed by atoms with E-state index in [-0.39, 0.29) is 0 Å². The summed E-state index contributed by atoms with van der Waals surface area (Å²) in [6.45, 7) is 2.22. The van der Waals surface area contributed by atoms with Gasteiger partial charge in [0.2, 0.25) is 0 Å². The number of benzene rings is 1. The molecule has 3 aliphatic carbocycles. The molecule has 0 aromatic heterocycles. The molecule has 3 atom stereocenters. The van der Waals surface area contributed by atoms with Crippen molar-refractivity contribution in [3.8, 4) is 0 Å². The highest BCUT2D eigenvalue weighted by Gasteiger charge is 2.56. The fourth-order valence-corrected chi connectivity index (χ4v) is 4.63. The van der Waals surface area contributed by atoms with Gasteiger partial charge in [0, 0.05) is 0 Å². The van der Waals surface area contributed by atoms with Crippen molar-refractivity contribution < 1.29 is 0 Å². The number of aryl methyl sites for hydroxylation is 1. The molecule has 84 valence electrons. The second kappa shape index (κ2) is 3.12. The van der Waals surface area contributed by atoms with Crippen molar-refractivity contribution in [3.63, 3.8) is 0 Å². The van der Waals surface area contributed by atoms with Gasteiger partial charge in [0.1, 0.15) is 0 Å². The zero-order valence-electron chi connectivity index (χ0n) is 10.1. The lowest BCUT2D eigenvalue weighted by molar-refractivity contribution is 0.411. The van der Waals surface area contributed by atoms with E-state index in [1.54, 1.807) is 24.0 Å². The summed E-state index contributed by atoms with van der Waals surface area (Å²) >= 11 is 0. The molecule has 0 N–H and O–H groups in total. The predicted octanol–water partition coefficient (Wildman–Crippen LogP) is 3.76. The number of fused-ring (bicyclic) bond motifs is 2. The molecule has 16 heavy (non-hydrogen) atoms. The quantitative estimate of drug-likeness (QED) is 0.665. The molecule has 0 aliphatic heterocycles. The van der Waals surface area contributed by atoms with E-state index in [4.69, 9.17) is 0 Å². The summed E-state index contributed by atoms with van der Waals surface area (Å²) in [6.07, 6.45) is 7.37. The molecular weight excluding hydrogens is 192 g/mol. The van der Waals surface area contributed by atoms with E-state index < -0.39 is 0 Å². The van der Waals surface area contributed by atoms with Gasteiger partial charge in [-0.1, -0.05) is 30.2 Å². The third kappa shape index (κ3) is 1.22. The highest BCUT2D eigenvalue weighted by atomic mass is 14.6. The third-order valence-corrected chi connectivity index (χ3v) is 5.34. The van der Waals surface area contributed by atoms with Gasteiger partial charge < -0.3 is 0 Å². The lowest BCUT2D eigenvalue weighted by Crippen LogP contribution is -2.06. The Morgan fingerprint density at radius 3 is 2.56 bits per heavy atom. The van der Waals surface area contributed by atoms with Gasteiger partial charge in [0.25, 0.3) is 0 Å². The standard InChI is InChI=1S/C16H20/c1-10-5-6-11-8-13(9-12(11)7-10)16-14-3-2-4-15(14)16/h5-7,13-16H,2-4,8-9H2,1H3. The van der Waals surface area contributed by atoms with Crippen LogP contribution < -0.4 is 0 Å². The van der Waals surface area contributed by atoms with Gasteiger partial charge >= 0.3 is 0 Å². The predicted molar refractivity (Wildman–Crippen MR) is 66.4 cm³/mol. The number of hydrogen-bond acceptors (Lipinski definition) is 0. The Morgan fingerprint density at radius 2 is 1.75 bits per heavy atom. The minimum Gasteiger partial charge on any atom is -0.0590 e. The fourth-order valence-electron chi connectivity index (χ4n) is 4.63. The van der Waals surface area contributed by atoms with Crippen LogP contribution in [0.4, 0.5) is 0 Å². The van der Waals surface area contributed by atoms with Gasteiger partial charge in [0.15, 0.2) is 0 Å². The fraction of sp³-hybridized carbons (Fsp3) is 0.625. The Kier molecular flexibility index (Phi) is 1.81. The Bertz CT molecular complexity index is 422. The smallest absolute Gasteiger partial charge is 0.0242 e. The van der Waals surface area contributed by atoms with E-state index in [0.717, 1.165) is 23.7 Å².